The van der Waals surface area contributed by atoms with Crippen LogP contribution in [0.2, 0.25) is 0 Å². The van der Waals surface area contributed by atoms with Crippen LogP contribution in [0.1, 0.15) is 181 Å². The van der Waals surface area contributed by atoms with Gasteiger partial charge >= 0.3 is 25.7 Å². The number of carboxylic acids is 1. The van der Waals surface area contributed by atoms with Crippen molar-refractivity contribution >= 4 is 25.7 Å². The van der Waals surface area contributed by atoms with Crippen molar-refractivity contribution in [2.45, 2.75) is 205 Å². The highest BCUT2D eigenvalue weighted by Gasteiger charge is 2.36. The highest BCUT2D eigenvalue weighted by molar-refractivity contribution is 7.47. The quantitative estimate of drug-likeness (QED) is 0.0175. The molecule has 1 heterocycles. The smallest absolute Gasteiger partial charge is 0.472 e. The van der Waals surface area contributed by atoms with Crippen LogP contribution < -0.4 is 5.73 Å². The maximum atomic E-state index is 12.6. The lowest BCUT2D eigenvalue weighted by atomic mass is 10.0. The fourth-order valence-corrected chi connectivity index (χ4v) is 6.94. The number of hydrogen-bond acceptors (Lipinski definition) is 10. The molecule has 3 unspecified atom stereocenters. The van der Waals surface area contributed by atoms with Gasteiger partial charge in [0.25, 0.3) is 0 Å². The molecule has 1 saturated heterocycles. The third-order valence-corrected chi connectivity index (χ3v) is 10.7. The minimum absolute atomic E-state index is 0.142. The van der Waals surface area contributed by atoms with Gasteiger partial charge in [-0.05, 0) is 51.4 Å². The minimum atomic E-state index is -4.73. The summed E-state index contributed by atoms with van der Waals surface area (Å²) in [6, 6.07) is -1.53. The van der Waals surface area contributed by atoms with Crippen molar-refractivity contribution in [1.82, 2.24) is 0 Å². The Morgan fingerprint density at radius 3 is 1.70 bits per heavy atom. The van der Waals surface area contributed by atoms with Gasteiger partial charge in [0.15, 0.2) is 6.10 Å². The van der Waals surface area contributed by atoms with E-state index in [2.05, 4.69) is 48.8 Å². The fourth-order valence-electron chi connectivity index (χ4n) is 6.16. The molecule has 0 aromatic heterocycles. The van der Waals surface area contributed by atoms with Gasteiger partial charge in [0.05, 0.1) is 25.4 Å². The first-order valence-corrected chi connectivity index (χ1v) is 23.6. The van der Waals surface area contributed by atoms with Crippen molar-refractivity contribution in [1.29, 1.82) is 0 Å². The van der Waals surface area contributed by atoms with Gasteiger partial charge < -0.3 is 29.9 Å². The third-order valence-electron chi connectivity index (χ3n) is 9.79. The molecule has 1 aliphatic heterocycles. The van der Waals surface area contributed by atoms with Gasteiger partial charge in [-0.3, -0.25) is 23.4 Å². The molecule has 0 saturated carbocycles. The molecule has 0 aromatic carbocycles. The number of aliphatic carboxylic acids is 1. The number of carbonyl (C=O) groups is 3. The van der Waals surface area contributed by atoms with Gasteiger partial charge in [-0.1, -0.05) is 153 Å². The molecule has 0 aliphatic carbocycles. The van der Waals surface area contributed by atoms with Gasteiger partial charge in [0.1, 0.15) is 12.6 Å². The maximum absolute atomic E-state index is 12.6. The summed E-state index contributed by atoms with van der Waals surface area (Å²) < 4.78 is 38.4. The summed E-state index contributed by atoms with van der Waals surface area (Å²) in [5.74, 6) is -2.45. The van der Waals surface area contributed by atoms with E-state index in [1.807, 2.05) is 6.08 Å². The lowest BCUT2D eigenvalue weighted by Gasteiger charge is -2.20. The average molecular weight is 828 g/mol. The second-order valence-corrected chi connectivity index (χ2v) is 16.7. The number of nitrogens with two attached hydrogens (primary N) is 1. The van der Waals surface area contributed by atoms with E-state index < -0.39 is 51.1 Å². The second kappa shape index (κ2) is 35.6. The largest absolute Gasteiger partial charge is 0.480 e. The summed E-state index contributed by atoms with van der Waals surface area (Å²) >= 11 is 0. The number of epoxide rings is 1. The second-order valence-electron chi connectivity index (χ2n) is 15.2. The molecular formula is C44H78NO11P. The van der Waals surface area contributed by atoms with E-state index in [4.69, 9.17) is 29.6 Å². The Hall–Kier alpha value is -2.34. The average Bonchev–Trinajstić information content (AvgIpc) is 3.94. The monoisotopic (exact) mass is 828 g/mol. The van der Waals surface area contributed by atoms with Gasteiger partial charge in [0, 0.05) is 12.8 Å². The Morgan fingerprint density at radius 1 is 0.632 bits per heavy atom. The zero-order chi connectivity index (χ0) is 41.8. The minimum Gasteiger partial charge on any atom is -0.480 e. The number of phosphoric acid groups is 1. The van der Waals surface area contributed by atoms with Crippen molar-refractivity contribution < 1.29 is 52.2 Å². The summed E-state index contributed by atoms with van der Waals surface area (Å²) in [6.07, 6.45) is 39.5. The molecule has 0 bridgehead atoms. The molecule has 1 fully saturated rings. The van der Waals surface area contributed by atoms with Crippen LogP contribution in [0, 0.1) is 0 Å². The normalized spacial score (nSPS) is 17.6. The van der Waals surface area contributed by atoms with Crippen LogP contribution in [0.4, 0.5) is 0 Å². The van der Waals surface area contributed by atoms with Crippen LogP contribution in [0.15, 0.2) is 36.5 Å². The standard InChI is InChI=1S/C44H78NO11P/c1-3-5-7-9-11-12-13-14-15-16-17-18-21-26-30-34-43(47)55-38(36-53-57(50,51)54-37-39(45)44(48)49)35-52-42(46)33-29-25-22-19-20-24-28-32-41-40(56-41)31-27-23-10-8-6-4-2/h19,22-24,27-28,38-41H,3-18,20-21,25-26,29-37,45H2,1-2H3,(H,48,49)(H,50,51)/b22-19-,27-23-,28-24-/t38-,39+,40?,41?/m1/s1. The fraction of sp³-hybridized carbons (Fsp3) is 0.795. The Balaban J connectivity index is 2.31. The van der Waals surface area contributed by atoms with Gasteiger partial charge in [-0.2, -0.15) is 0 Å². The van der Waals surface area contributed by atoms with Crippen molar-refractivity contribution in [3.05, 3.63) is 36.5 Å². The summed E-state index contributed by atoms with van der Waals surface area (Å²) in [5, 5.41) is 8.89. The molecule has 330 valence electrons. The van der Waals surface area contributed by atoms with Gasteiger partial charge in [0.2, 0.25) is 0 Å². The number of allylic oxidation sites excluding steroid dienone is 4. The summed E-state index contributed by atoms with van der Waals surface area (Å²) in [6.45, 7) is 2.71. The molecule has 0 radical (unpaired) electrons. The van der Waals surface area contributed by atoms with Crippen LogP contribution in [0.5, 0.6) is 0 Å². The highest BCUT2D eigenvalue weighted by atomic mass is 31.2. The van der Waals surface area contributed by atoms with Crippen molar-refractivity contribution in [2.75, 3.05) is 19.8 Å². The molecule has 57 heavy (non-hydrogen) atoms. The SMILES string of the molecule is CCCCC/C=C\CC1OC1C/C=C\C/C=C\CCCC(=O)OC[C@H](COP(=O)(O)OC[C@H](N)C(=O)O)OC(=O)CCCCCCCCCCCCCCCCC. The molecule has 0 spiro atoms. The number of unbranched alkanes of at least 4 members (excludes halogenated alkanes) is 18. The molecule has 12 nitrogen and oxygen atoms in total. The van der Waals surface area contributed by atoms with Crippen LogP contribution in [0.3, 0.4) is 0 Å². The molecule has 1 aliphatic rings. The zero-order valence-corrected chi connectivity index (χ0v) is 36.3. The Morgan fingerprint density at radius 2 is 1.11 bits per heavy atom. The number of esters is 2. The lowest BCUT2D eigenvalue weighted by Crippen LogP contribution is -2.34. The van der Waals surface area contributed by atoms with Crippen LogP contribution in [-0.2, 0) is 42.2 Å². The molecule has 13 heteroatoms. The van der Waals surface area contributed by atoms with Crippen molar-refractivity contribution in [3.8, 4) is 0 Å². The third kappa shape index (κ3) is 33.2. The predicted molar refractivity (Wildman–Crippen MR) is 226 cm³/mol. The van der Waals surface area contributed by atoms with E-state index in [0.29, 0.717) is 31.5 Å². The summed E-state index contributed by atoms with van der Waals surface area (Å²) in [4.78, 5) is 46.0. The maximum Gasteiger partial charge on any atom is 0.472 e. The van der Waals surface area contributed by atoms with E-state index in [9.17, 15) is 23.8 Å². The van der Waals surface area contributed by atoms with Crippen LogP contribution in [0.25, 0.3) is 0 Å². The highest BCUT2D eigenvalue weighted by Crippen LogP contribution is 2.43. The lowest BCUT2D eigenvalue weighted by molar-refractivity contribution is -0.161. The number of rotatable bonds is 40. The Labute approximate surface area is 344 Å². The Bertz CT molecular complexity index is 1180. The zero-order valence-electron chi connectivity index (χ0n) is 35.4. The number of carboxylic acid groups (broad SMARTS) is 1. The molecule has 0 amide bonds. The first-order valence-electron chi connectivity index (χ1n) is 22.1. The van der Waals surface area contributed by atoms with Gasteiger partial charge in [-0.15, -0.1) is 0 Å². The Kier molecular flexibility index (Phi) is 32.9. The number of carbonyl (C=O) groups excluding carboxylic acids is 2. The van der Waals surface area contributed by atoms with Crippen LogP contribution >= 0.6 is 7.82 Å². The molecule has 0 aromatic rings. The van der Waals surface area contributed by atoms with E-state index in [1.54, 1.807) is 0 Å². The number of phosphoric ester groups is 1. The molecule has 4 N–H and O–H groups in total. The van der Waals surface area contributed by atoms with Crippen LogP contribution in [-0.4, -0.2) is 72.1 Å². The number of hydrogen-bond donors (Lipinski definition) is 3. The van der Waals surface area contributed by atoms with Crippen molar-refractivity contribution in [2.24, 2.45) is 5.73 Å². The van der Waals surface area contributed by atoms with E-state index in [0.717, 1.165) is 44.9 Å². The predicted octanol–water partition coefficient (Wildman–Crippen LogP) is 10.6. The summed E-state index contributed by atoms with van der Waals surface area (Å²) in [7, 11) is -4.73. The van der Waals surface area contributed by atoms with E-state index >= 15 is 0 Å². The first-order chi connectivity index (χ1) is 27.6. The molecular weight excluding hydrogens is 749 g/mol. The van der Waals surface area contributed by atoms with E-state index in [1.165, 1.54) is 89.9 Å². The summed E-state index contributed by atoms with van der Waals surface area (Å²) in [5.41, 5.74) is 5.33. The number of ether oxygens (including phenoxy) is 3. The first kappa shape index (κ1) is 52.7. The topological polar surface area (TPSA) is 184 Å². The molecule has 5 atom stereocenters. The molecule has 1 rings (SSSR count). The van der Waals surface area contributed by atoms with Crippen molar-refractivity contribution in [3.63, 3.8) is 0 Å². The van der Waals surface area contributed by atoms with E-state index in [-0.39, 0.29) is 19.4 Å². The van der Waals surface area contributed by atoms with Gasteiger partial charge in [-0.25, -0.2) is 4.57 Å².